The number of benzene rings is 2. The van der Waals surface area contributed by atoms with Crippen molar-refractivity contribution in [2.75, 3.05) is 6.79 Å². The summed E-state index contributed by atoms with van der Waals surface area (Å²) in [5.74, 6) is -0.00908. The molecule has 4 nitrogen and oxygen atoms in total. The Morgan fingerprint density at radius 2 is 1.80 bits per heavy atom. The van der Waals surface area contributed by atoms with Crippen molar-refractivity contribution in [3.8, 4) is 22.9 Å². The van der Waals surface area contributed by atoms with Gasteiger partial charge in [0.2, 0.25) is 6.79 Å². The van der Waals surface area contributed by atoms with E-state index >= 15 is 0 Å². The molecule has 0 amide bonds. The Balaban J connectivity index is 1.86. The Morgan fingerprint density at radius 3 is 2.70 bits per heavy atom. The molecule has 4 rings (SSSR count). The number of hydrogen-bond donors (Lipinski definition) is 1. The molecule has 0 spiro atoms. The van der Waals surface area contributed by atoms with Crippen LogP contribution < -0.4 is 9.47 Å². The lowest BCUT2D eigenvalue weighted by atomic mass is 10.2. The summed E-state index contributed by atoms with van der Waals surface area (Å²) in [5.41, 5.74) is 1.57. The summed E-state index contributed by atoms with van der Waals surface area (Å²) < 4.78 is 36.9. The van der Waals surface area contributed by atoms with Crippen molar-refractivity contribution in [1.29, 1.82) is 0 Å². The largest absolute Gasteiger partial charge is 0.454 e. The lowest BCUT2D eigenvalue weighted by Crippen LogP contribution is -1.92. The van der Waals surface area contributed by atoms with Crippen LogP contribution in [0.1, 0.15) is 0 Å². The first-order valence-electron chi connectivity index (χ1n) is 5.95. The zero-order valence-electron chi connectivity index (χ0n) is 10.1. The highest BCUT2D eigenvalue weighted by molar-refractivity contribution is 5.80. The van der Waals surface area contributed by atoms with E-state index in [9.17, 15) is 8.78 Å². The molecule has 0 unspecified atom stereocenters. The van der Waals surface area contributed by atoms with E-state index in [1.807, 2.05) is 0 Å². The summed E-state index contributed by atoms with van der Waals surface area (Å²) in [6.07, 6.45) is 0. The molecule has 20 heavy (non-hydrogen) atoms. The van der Waals surface area contributed by atoms with Gasteiger partial charge < -0.3 is 14.5 Å². The number of nitrogens with one attached hydrogen (secondary N) is 1. The van der Waals surface area contributed by atoms with E-state index in [1.54, 1.807) is 18.2 Å². The average Bonchev–Trinajstić information content (AvgIpc) is 3.04. The molecule has 0 saturated heterocycles. The molecule has 0 atom stereocenters. The van der Waals surface area contributed by atoms with Crippen molar-refractivity contribution < 1.29 is 18.3 Å². The number of rotatable bonds is 1. The molecular weight excluding hydrogens is 266 g/mol. The maximum absolute atomic E-state index is 13.2. The fourth-order valence-electron chi connectivity index (χ4n) is 2.19. The Bertz CT molecular complexity index is 790. The molecule has 1 aromatic heterocycles. The van der Waals surface area contributed by atoms with Crippen molar-refractivity contribution in [2.24, 2.45) is 0 Å². The van der Waals surface area contributed by atoms with Gasteiger partial charge in [0.05, 0.1) is 11.0 Å². The topological polar surface area (TPSA) is 47.1 Å². The van der Waals surface area contributed by atoms with Gasteiger partial charge in [-0.25, -0.2) is 13.8 Å². The third-order valence-electron chi connectivity index (χ3n) is 3.17. The Labute approximate surface area is 112 Å². The molecule has 0 bridgehead atoms. The maximum atomic E-state index is 13.2. The van der Waals surface area contributed by atoms with E-state index < -0.39 is 11.6 Å². The van der Waals surface area contributed by atoms with Crippen LogP contribution in [0.3, 0.4) is 0 Å². The third kappa shape index (κ3) is 1.61. The number of aromatic amines is 1. The van der Waals surface area contributed by atoms with Crippen LogP contribution in [0.15, 0.2) is 30.3 Å². The number of nitrogens with zero attached hydrogens (tertiary/aromatic N) is 1. The van der Waals surface area contributed by atoms with E-state index in [4.69, 9.17) is 9.47 Å². The minimum absolute atomic E-state index is 0.190. The van der Waals surface area contributed by atoms with Gasteiger partial charge in [0.15, 0.2) is 23.1 Å². The first kappa shape index (κ1) is 11.2. The molecule has 2 heterocycles. The highest BCUT2D eigenvalue weighted by atomic mass is 19.2. The van der Waals surface area contributed by atoms with E-state index in [-0.39, 0.29) is 6.79 Å². The van der Waals surface area contributed by atoms with Crippen molar-refractivity contribution in [3.05, 3.63) is 42.0 Å². The summed E-state index contributed by atoms with van der Waals surface area (Å²) in [7, 11) is 0. The molecule has 0 fully saturated rings. The summed E-state index contributed by atoms with van der Waals surface area (Å²) in [6, 6.07) is 7.50. The molecule has 0 saturated carbocycles. The van der Waals surface area contributed by atoms with Crippen LogP contribution >= 0.6 is 0 Å². The number of imidazole rings is 1. The van der Waals surface area contributed by atoms with Gasteiger partial charge in [-0.2, -0.15) is 0 Å². The maximum Gasteiger partial charge on any atom is 0.231 e. The van der Waals surface area contributed by atoms with Gasteiger partial charge in [-0.3, -0.25) is 0 Å². The number of halogens is 2. The smallest absolute Gasteiger partial charge is 0.231 e. The first-order valence-corrected chi connectivity index (χ1v) is 5.95. The van der Waals surface area contributed by atoms with Crippen molar-refractivity contribution in [3.63, 3.8) is 0 Å². The van der Waals surface area contributed by atoms with Gasteiger partial charge >= 0.3 is 0 Å². The molecule has 2 aromatic carbocycles. The molecular formula is C14H8F2N2O2. The van der Waals surface area contributed by atoms with Gasteiger partial charge in [0.25, 0.3) is 0 Å². The quantitative estimate of drug-likeness (QED) is 0.741. The highest BCUT2D eigenvalue weighted by Crippen LogP contribution is 2.35. The minimum atomic E-state index is -0.916. The van der Waals surface area contributed by atoms with E-state index in [2.05, 4.69) is 9.97 Å². The van der Waals surface area contributed by atoms with Gasteiger partial charge in [-0.05, 0) is 18.2 Å². The van der Waals surface area contributed by atoms with Crippen molar-refractivity contribution >= 4 is 11.0 Å². The van der Waals surface area contributed by atoms with Crippen molar-refractivity contribution in [2.45, 2.75) is 0 Å². The van der Waals surface area contributed by atoms with Crippen LogP contribution in [0.5, 0.6) is 11.5 Å². The zero-order chi connectivity index (χ0) is 13.7. The van der Waals surface area contributed by atoms with E-state index in [1.165, 1.54) is 0 Å². The Kier molecular flexibility index (Phi) is 2.20. The highest BCUT2D eigenvalue weighted by Gasteiger charge is 2.16. The monoisotopic (exact) mass is 274 g/mol. The molecule has 0 aliphatic carbocycles. The molecule has 1 N–H and O–H groups in total. The summed E-state index contributed by atoms with van der Waals surface area (Å²) in [6.45, 7) is 0.190. The van der Waals surface area contributed by atoms with E-state index in [0.29, 0.717) is 28.4 Å². The SMILES string of the molecule is Fc1cc2nc(-c3ccc4c(c3)OCO4)[nH]c2cc1F. The van der Waals surface area contributed by atoms with Gasteiger partial charge in [-0.1, -0.05) is 0 Å². The van der Waals surface area contributed by atoms with Crippen LogP contribution in [0, 0.1) is 11.6 Å². The lowest BCUT2D eigenvalue weighted by molar-refractivity contribution is 0.174. The fourth-order valence-corrected chi connectivity index (χ4v) is 2.19. The molecule has 6 heteroatoms. The summed E-state index contributed by atoms with van der Waals surface area (Å²) in [4.78, 5) is 7.21. The number of H-pyrrole nitrogens is 1. The number of aromatic nitrogens is 2. The predicted molar refractivity (Wildman–Crippen MR) is 67.6 cm³/mol. The number of hydrogen-bond acceptors (Lipinski definition) is 3. The van der Waals surface area contributed by atoms with Gasteiger partial charge in [0.1, 0.15) is 5.82 Å². The van der Waals surface area contributed by atoms with Crippen LogP contribution in [0.25, 0.3) is 22.4 Å². The van der Waals surface area contributed by atoms with E-state index in [0.717, 1.165) is 17.7 Å². The predicted octanol–water partition coefficient (Wildman–Crippen LogP) is 3.24. The molecule has 3 aromatic rings. The van der Waals surface area contributed by atoms with Gasteiger partial charge in [-0.15, -0.1) is 0 Å². The van der Waals surface area contributed by atoms with Crippen molar-refractivity contribution in [1.82, 2.24) is 9.97 Å². The Hall–Kier alpha value is -2.63. The minimum Gasteiger partial charge on any atom is -0.454 e. The molecule has 100 valence electrons. The molecule has 1 aliphatic rings. The summed E-state index contributed by atoms with van der Waals surface area (Å²) in [5, 5.41) is 0. The number of fused-ring (bicyclic) bond motifs is 2. The van der Waals surface area contributed by atoms with Crippen LogP contribution in [-0.4, -0.2) is 16.8 Å². The second-order valence-electron chi connectivity index (χ2n) is 4.44. The second kappa shape index (κ2) is 3.93. The van der Waals surface area contributed by atoms with Crippen LogP contribution in [0.2, 0.25) is 0 Å². The fraction of sp³-hybridized carbons (Fsp3) is 0.0714. The molecule has 0 radical (unpaired) electrons. The Morgan fingerprint density at radius 1 is 1.00 bits per heavy atom. The number of ether oxygens (including phenoxy) is 2. The van der Waals surface area contributed by atoms with Crippen LogP contribution in [-0.2, 0) is 0 Å². The molecule has 1 aliphatic heterocycles. The second-order valence-corrected chi connectivity index (χ2v) is 4.44. The van der Waals surface area contributed by atoms with Crippen LogP contribution in [0.4, 0.5) is 8.78 Å². The average molecular weight is 274 g/mol. The standard InChI is InChI=1S/C14H8F2N2O2/c15-8-4-10-11(5-9(8)16)18-14(17-10)7-1-2-12-13(3-7)20-6-19-12/h1-5H,6H2,(H,17,18). The van der Waals surface area contributed by atoms with Gasteiger partial charge in [0, 0.05) is 17.7 Å². The third-order valence-corrected chi connectivity index (χ3v) is 3.17. The lowest BCUT2D eigenvalue weighted by Gasteiger charge is -1.99. The summed E-state index contributed by atoms with van der Waals surface area (Å²) >= 11 is 0. The zero-order valence-corrected chi connectivity index (χ0v) is 10.1. The normalized spacial score (nSPS) is 13.1. The first-order chi connectivity index (χ1) is 9.70.